The van der Waals surface area contributed by atoms with Crippen molar-refractivity contribution in [3.63, 3.8) is 0 Å². The van der Waals surface area contributed by atoms with Gasteiger partial charge in [-0.2, -0.15) is 0 Å². The zero-order valence-electron chi connectivity index (χ0n) is 17.8. The van der Waals surface area contributed by atoms with Gasteiger partial charge in [0.1, 0.15) is 5.69 Å². The molecule has 0 aromatic heterocycles. The van der Waals surface area contributed by atoms with Gasteiger partial charge in [0.15, 0.2) is 5.78 Å². The summed E-state index contributed by atoms with van der Waals surface area (Å²) in [5, 5.41) is 0. The minimum atomic E-state index is -4.41. The number of fused-ring (bicyclic) bond motifs is 2. The standard InChI is InChI=1S/C20H28NO.CH4O4S/c1-19(2)17-11-12-20(19,3)18(22)16(17)13-14-7-9-15(10-8-14)21(4,5)6;1-5-6(2,3)4/h7-10,13,17H,11-12H2,1-6H3;1H3,(H,2,3,4)/q+1;/p-1/t17-,20+;/m0./s1. The van der Waals surface area contributed by atoms with Gasteiger partial charge >= 0.3 is 0 Å². The molecule has 0 saturated heterocycles. The van der Waals surface area contributed by atoms with Crippen molar-refractivity contribution in [2.24, 2.45) is 16.7 Å². The highest BCUT2D eigenvalue weighted by atomic mass is 32.3. The first-order chi connectivity index (χ1) is 12.6. The summed E-state index contributed by atoms with van der Waals surface area (Å²) in [4.78, 5) is 12.9. The fourth-order valence-corrected chi connectivity index (χ4v) is 4.29. The SMILES string of the molecule is CC1(C)[C@H]2CC[C@]1(C)C(=O)C2=Cc1ccc([N+](C)(C)C)cc1.COS(=O)(=O)[O-]. The van der Waals surface area contributed by atoms with Crippen molar-refractivity contribution in [3.05, 3.63) is 35.4 Å². The van der Waals surface area contributed by atoms with Gasteiger partial charge in [-0.25, -0.2) is 8.42 Å². The molecular formula is C21H31NO5S. The van der Waals surface area contributed by atoms with Crippen molar-refractivity contribution in [2.75, 3.05) is 28.3 Å². The number of carbonyl (C=O) groups is 1. The lowest BCUT2D eigenvalue weighted by molar-refractivity contribution is -0.125. The van der Waals surface area contributed by atoms with E-state index in [2.05, 4.69) is 76.4 Å². The van der Waals surface area contributed by atoms with Gasteiger partial charge in [-0.1, -0.05) is 20.8 Å². The number of Topliss-reactive ketones (excluding diaryl/α,β-unsaturated/α-hetero) is 1. The number of carbonyl (C=O) groups excluding carboxylic acids is 1. The lowest BCUT2D eigenvalue weighted by atomic mass is 9.70. The van der Waals surface area contributed by atoms with Crippen LogP contribution in [0, 0.1) is 16.7 Å². The predicted molar refractivity (Wildman–Crippen MR) is 110 cm³/mol. The maximum Gasteiger partial charge on any atom is 0.217 e. The highest BCUT2D eigenvalue weighted by molar-refractivity contribution is 7.80. The normalized spacial score (nSPS) is 27.6. The van der Waals surface area contributed by atoms with Gasteiger partial charge in [-0.3, -0.25) is 13.5 Å². The molecule has 0 amide bonds. The second-order valence-corrected chi connectivity index (χ2v) is 10.4. The van der Waals surface area contributed by atoms with E-state index in [4.69, 9.17) is 0 Å². The zero-order valence-corrected chi connectivity index (χ0v) is 18.6. The molecule has 6 nitrogen and oxygen atoms in total. The molecule has 0 N–H and O–H groups in total. The van der Waals surface area contributed by atoms with Crippen molar-refractivity contribution >= 4 is 27.9 Å². The van der Waals surface area contributed by atoms with E-state index in [-0.39, 0.29) is 10.8 Å². The van der Waals surface area contributed by atoms with Crippen LogP contribution < -0.4 is 4.48 Å². The first kappa shape index (κ1) is 22.7. The molecule has 7 heteroatoms. The monoisotopic (exact) mass is 409 g/mol. The summed E-state index contributed by atoms with van der Waals surface area (Å²) in [7, 11) is 2.88. The third kappa shape index (κ3) is 4.22. The number of nitrogens with zero attached hydrogens (tertiary/aromatic N) is 1. The molecule has 2 atom stereocenters. The Morgan fingerprint density at radius 3 is 2.00 bits per heavy atom. The van der Waals surface area contributed by atoms with Crippen molar-refractivity contribution in [3.8, 4) is 0 Å². The Balaban J connectivity index is 0.000000409. The van der Waals surface area contributed by atoms with Crippen molar-refractivity contribution < 1.29 is 21.9 Å². The quantitative estimate of drug-likeness (QED) is 0.331. The molecule has 2 bridgehead atoms. The first-order valence-corrected chi connectivity index (χ1v) is 10.7. The minimum Gasteiger partial charge on any atom is -0.726 e. The summed E-state index contributed by atoms with van der Waals surface area (Å²) < 4.78 is 31.8. The number of rotatable bonds is 3. The van der Waals surface area contributed by atoms with Gasteiger partial charge in [0.2, 0.25) is 10.4 Å². The topological polar surface area (TPSA) is 83.5 Å². The Kier molecular flexibility index (Phi) is 5.99. The molecule has 1 aromatic carbocycles. The van der Waals surface area contributed by atoms with E-state index >= 15 is 0 Å². The number of allylic oxidation sites excluding steroid dienone is 1. The smallest absolute Gasteiger partial charge is 0.217 e. The summed E-state index contributed by atoms with van der Waals surface area (Å²) in [5.41, 5.74) is 3.40. The average Bonchev–Trinajstić information content (AvgIpc) is 2.88. The predicted octanol–water partition coefficient (Wildman–Crippen LogP) is 3.38. The van der Waals surface area contributed by atoms with Crippen LogP contribution in [0.3, 0.4) is 0 Å². The van der Waals surface area contributed by atoms with E-state index in [0.29, 0.717) is 11.7 Å². The Labute approximate surface area is 168 Å². The van der Waals surface area contributed by atoms with Crippen LogP contribution in [-0.2, 0) is 19.4 Å². The lowest BCUT2D eigenvalue weighted by Crippen LogP contribution is -2.34. The number of benzene rings is 1. The maximum absolute atomic E-state index is 12.9. The summed E-state index contributed by atoms with van der Waals surface area (Å²) in [6.07, 6.45) is 4.33. The number of hydrogen-bond donors (Lipinski definition) is 0. The number of hydrogen-bond acceptors (Lipinski definition) is 5. The van der Waals surface area contributed by atoms with Crippen LogP contribution in [0.25, 0.3) is 6.08 Å². The summed E-state index contributed by atoms with van der Waals surface area (Å²) >= 11 is 0. The average molecular weight is 410 g/mol. The molecule has 1 aromatic rings. The van der Waals surface area contributed by atoms with Gasteiger partial charge in [0.05, 0.1) is 28.3 Å². The largest absolute Gasteiger partial charge is 0.726 e. The second-order valence-electron chi connectivity index (χ2n) is 9.25. The van der Waals surface area contributed by atoms with Crippen LogP contribution in [-0.4, -0.2) is 47.0 Å². The summed E-state index contributed by atoms with van der Waals surface area (Å²) in [6, 6.07) is 8.61. The highest BCUT2D eigenvalue weighted by Gasteiger charge is 2.63. The van der Waals surface area contributed by atoms with Gasteiger partial charge in [0, 0.05) is 5.41 Å². The van der Waals surface area contributed by atoms with Gasteiger partial charge < -0.3 is 4.55 Å². The van der Waals surface area contributed by atoms with E-state index < -0.39 is 10.4 Å². The Morgan fingerprint density at radius 2 is 1.64 bits per heavy atom. The molecule has 28 heavy (non-hydrogen) atoms. The molecule has 156 valence electrons. The molecular weight excluding hydrogens is 378 g/mol. The molecule has 2 aliphatic carbocycles. The van der Waals surface area contributed by atoms with Crippen molar-refractivity contribution in [1.29, 1.82) is 0 Å². The van der Waals surface area contributed by atoms with Crippen LogP contribution >= 0.6 is 0 Å². The van der Waals surface area contributed by atoms with Crippen LogP contribution in [0.2, 0.25) is 0 Å². The Morgan fingerprint density at radius 1 is 1.14 bits per heavy atom. The third-order valence-electron chi connectivity index (χ3n) is 6.56. The zero-order chi connectivity index (χ0) is 21.5. The van der Waals surface area contributed by atoms with Crippen LogP contribution in [0.15, 0.2) is 29.8 Å². The molecule has 3 rings (SSSR count). The summed E-state index contributed by atoms with van der Waals surface area (Å²) in [6.45, 7) is 6.70. The van der Waals surface area contributed by atoms with E-state index in [0.717, 1.165) is 35.6 Å². The first-order valence-electron chi connectivity index (χ1n) is 9.33. The van der Waals surface area contributed by atoms with Gasteiger partial charge in [0.25, 0.3) is 0 Å². The molecule has 2 aliphatic rings. The molecule has 0 radical (unpaired) electrons. The molecule has 0 heterocycles. The van der Waals surface area contributed by atoms with Crippen LogP contribution in [0.1, 0.15) is 39.2 Å². The molecule has 2 saturated carbocycles. The Bertz CT molecular complexity index is 878. The highest BCUT2D eigenvalue weighted by Crippen LogP contribution is 2.65. The summed E-state index contributed by atoms with van der Waals surface area (Å²) in [5.74, 6) is 0.799. The molecule has 0 aliphatic heterocycles. The minimum absolute atomic E-state index is 0.0954. The van der Waals surface area contributed by atoms with Crippen LogP contribution in [0.4, 0.5) is 5.69 Å². The molecule has 2 fully saturated rings. The fourth-order valence-electron chi connectivity index (χ4n) is 4.29. The number of ketones is 1. The maximum atomic E-state index is 12.9. The second kappa shape index (κ2) is 7.37. The third-order valence-corrected chi connectivity index (χ3v) is 6.97. The molecule has 0 spiro atoms. The lowest BCUT2D eigenvalue weighted by Gasteiger charge is -2.31. The van der Waals surface area contributed by atoms with Crippen LogP contribution in [0.5, 0.6) is 0 Å². The number of quaternary nitrogens is 1. The van der Waals surface area contributed by atoms with E-state index in [1.54, 1.807) is 0 Å². The van der Waals surface area contributed by atoms with E-state index in [1.165, 1.54) is 5.69 Å². The van der Waals surface area contributed by atoms with Gasteiger partial charge in [-0.05, 0) is 65.7 Å². The Hall–Kier alpha value is -1.54. The van der Waals surface area contributed by atoms with E-state index in [1.807, 2.05) is 0 Å². The molecule has 0 unspecified atom stereocenters. The van der Waals surface area contributed by atoms with Crippen molar-refractivity contribution in [2.45, 2.75) is 33.6 Å². The van der Waals surface area contributed by atoms with Gasteiger partial charge in [-0.15, -0.1) is 0 Å². The van der Waals surface area contributed by atoms with Crippen molar-refractivity contribution in [1.82, 2.24) is 4.48 Å². The fraction of sp³-hybridized carbons (Fsp3) is 0.571. The van der Waals surface area contributed by atoms with E-state index in [9.17, 15) is 17.8 Å².